The Hall–Kier alpha value is -0.570. The fourth-order valence-corrected chi connectivity index (χ4v) is 2.22. The smallest absolute Gasteiger partial charge is 0.0667 e. The van der Waals surface area contributed by atoms with Crippen molar-refractivity contribution in [2.75, 3.05) is 6.54 Å². The first kappa shape index (κ1) is 15.5. The quantitative estimate of drug-likeness (QED) is 0.789. The average molecular weight is 270 g/mol. The predicted molar refractivity (Wildman–Crippen MR) is 77.9 cm³/mol. The summed E-state index contributed by atoms with van der Waals surface area (Å²) < 4.78 is 0. The van der Waals surface area contributed by atoms with Crippen molar-refractivity contribution >= 4 is 11.6 Å². The number of benzene rings is 1. The van der Waals surface area contributed by atoms with Gasteiger partial charge in [0.05, 0.1) is 6.10 Å². The number of halogens is 1. The summed E-state index contributed by atoms with van der Waals surface area (Å²) in [5.74, 6) is 0.525. The molecule has 0 fully saturated rings. The van der Waals surface area contributed by atoms with Crippen molar-refractivity contribution in [3.8, 4) is 0 Å². The zero-order chi connectivity index (χ0) is 13.5. The van der Waals surface area contributed by atoms with Crippen LogP contribution in [0, 0.1) is 5.92 Å². The molecular weight excluding hydrogens is 246 g/mol. The van der Waals surface area contributed by atoms with Crippen LogP contribution in [-0.2, 0) is 0 Å². The molecule has 0 heterocycles. The van der Waals surface area contributed by atoms with Crippen molar-refractivity contribution in [3.63, 3.8) is 0 Å². The molecule has 2 atom stereocenters. The van der Waals surface area contributed by atoms with Gasteiger partial charge in [0.2, 0.25) is 0 Å². The third kappa shape index (κ3) is 5.38. The Labute approximate surface area is 115 Å². The van der Waals surface area contributed by atoms with Gasteiger partial charge in [0.25, 0.3) is 0 Å². The Morgan fingerprint density at radius 3 is 2.33 bits per heavy atom. The van der Waals surface area contributed by atoms with Crippen molar-refractivity contribution in [2.45, 2.75) is 45.8 Å². The van der Waals surface area contributed by atoms with E-state index in [1.165, 1.54) is 5.56 Å². The van der Waals surface area contributed by atoms with E-state index < -0.39 is 0 Å². The van der Waals surface area contributed by atoms with Gasteiger partial charge in [-0.25, -0.2) is 0 Å². The highest BCUT2D eigenvalue weighted by molar-refractivity contribution is 6.30. The summed E-state index contributed by atoms with van der Waals surface area (Å²) >= 11 is 5.88. The van der Waals surface area contributed by atoms with Crippen LogP contribution in [0.3, 0.4) is 0 Å². The van der Waals surface area contributed by atoms with Crippen LogP contribution in [0.15, 0.2) is 24.3 Å². The van der Waals surface area contributed by atoms with Crippen LogP contribution in [0.4, 0.5) is 0 Å². The predicted octanol–water partition coefficient (Wildman–Crippen LogP) is 3.79. The SMILES string of the molecule is CCC(NCC(O)CC(C)C)c1ccc(Cl)cc1. The summed E-state index contributed by atoms with van der Waals surface area (Å²) in [4.78, 5) is 0. The van der Waals surface area contributed by atoms with Gasteiger partial charge in [-0.15, -0.1) is 0 Å². The largest absolute Gasteiger partial charge is 0.392 e. The van der Waals surface area contributed by atoms with Crippen LogP contribution in [0.25, 0.3) is 0 Å². The highest BCUT2D eigenvalue weighted by Crippen LogP contribution is 2.19. The van der Waals surface area contributed by atoms with Crippen LogP contribution in [-0.4, -0.2) is 17.8 Å². The van der Waals surface area contributed by atoms with E-state index in [0.29, 0.717) is 12.5 Å². The molecule has 1 aromatic rings. The fourth-order valence-electron chi connectivity index (χ4n) is 2.10. The van der Waals surface area contributed by atoms with E-state index in [9.17, 15) is 5.11 Å². The van der Waals surface area contributed by atoms with Crippen LogP contribution < -0.4 is 5.32 Å². The second-order valence-corrected chi connectivity index (χ2v) is 5.64. The molecule has 0 saturated heterocycles. The van der Waals surface area contributed by atoms with Crippen LogP contribution >= 0.6 is 11.6 Å². The molecule has 0 spiro atoms. The molecule has 0 amide bonds. The minimum absolute atomic E-state index is 0.272. The zero-order valence-electron chi connectivity index (χ0n) is 11.5. The lowest BCUT2D eigenvalue weighted by Crippen LogP contribution is -2.31. The molecule has 1 aromatic carbocycles. The lowest BCUT2D eigenvalue weighted by atomic mass is 10.0. The summed E-state index contributed by atoms with van der Waals surface area (Å²) in [6.45, 7) is 7.03. The highest BCUT2D eigenvalue weighted by Gasteiger charge is 2.12. The van der Waals surface area contributed by atoms with Crippen molar-refractivity contribution in [2.24, 2.45) is 5.92 Å². The van der Waals surface area contributed by atoms with E-state index in [-0.39, 0.29) is 12.1 Å². The van der Waals surface area contributed by atoms with Crippen LogP contribution in [0.5, 0.6) is 0 Å². The van der Waals surface area contributed by atoms with E-state index in [4.69, 9.17) is 11.6 Å². The molecule has 18 heavy (non-hydrogen) atoms. The molecule has 0 saturated carbocycles. The first-order chi connectivity index (χ1) is 8.52. The van der Waals surface area contributed by atoms with Crippen molar-refractivity contribution in [1.29, 1.82) is 0 Å². The van der Waals surface area contributed by atoms with E-state index >= 15 is 0 Å². The maximum Gasteiger partial charge on any atom is 0.0667 e. The molecule has 0 aromatic heterocycles. The topological polar surface area (TPSA) is 32.3 Å². The monoisotopic (exact) mass is 269 g/mol. The van der Waals surface area contributed by atoms with Gasteiger partial charge in [-0.05, 0) is 36.5 Å². The molecule has 0 aliphatic rings. The van der Waals surface area contributed by atoms with Crippen molar-refractivity contribution in [1.82, 2.24) is 5.32 Å². The molecule has 1 rings (SSSR count). The number of hydrogen-bond donors (Lipinski definition) is 2. The van der Waals surface area contributed by atoms with Crippen molar-refractivity contribution < 1.29 is 5.11 Å². The zero-order valence-corrected chi connectivity index (χ0v) is 12.2. The molecule has 2 unspecified atom stereocenters. The Kier molecular flexibility index (Phi) is 6.69. The first-order valence-electron chi connectivity index (χ1n) is 6.69. The Morgan fingerprint density at radius 1 is 1.22 bits per heavy atom. The molecular formula is C15H24ClNO. The van der Waals surface area contributed by atoms with E-state index in [1.54, 1.807) is 0 Å². The maximum absolute atomic E-state index is 9.87. The summed E-state index contributed by atoms with van der Waals surface area (Å²) in [5.41, 5.74) is 1.22. The van der Waals surface area contributed by atoms with Gasteiger partial charge < -0.3 is 10.4 Å². The minimum atomic E-state index is -0.272. The van der Waals surface area contributed by atoms with Gasteiger partial charge in [0.15, 0.2) is 0 Å². The molecule has 102 valence electrons. The normalized spacial score (nSPS) is 14.8. The summed E-state index contributed by atoms with van der Waals surface area (Å²) in [6.07, 6.45) is 1.56. The second kappa shape index (κ2) is 7.78. The summed E-state index contributed by atoms with van der Waals surface area (Å²) in [7, 11) is 0. The van der Waals surface area contributed by atoms with Gasteiger partial charge in [0, 0.05) is 17.6 Å². The molecule has 0 aliphatic carbocycles. The lowest BCUT2D eigenvalue weighted by Gasteiger charge is -2.21. The number of hydrogen-bond acceptors (Lipinski definition) is 2. The van der Waals surface area contributed by atoms with E-state index in [0.717, 1.165) is 17.9 Å². The Balaban J connectivity index is 2.49. The second-order valence-electron chi connectivity index (χ2n) is 5.20. The Bertz CT molecular complexity index is 337. The number of rotatable bonds is 7. The summed E-state index contributed by atoms with van der Waals surface area (Å²) in [5, 5.41) is 14.0. The third-order valence-corrected chi connectivity index (χ3v) is 3.28. The number of nitrogens with one attached hydrogen (secondary N) is 1. The van der Waals surface area contributed by atoms with E-state index in [2.05, 4.69) is 26.1 Å². The molecule has 0 radical (unpaired) electrons. The van der Waals surface area contributed by atoms with Gasteiger partial charge in [-0.1, -0.05) is 44.5 Å². The highest BCUT2D eigenvalue weighted by atomic mass is 35.5. The maximum atomic E-state index is 9.87. The molecule has 3 heteroatoms. The molecule has 2 N–H and O–H groups in total. The number of aliphatic hydroxyl groups is 1. The standard InChI is InChI=1S/C15H24ClNO/c1-4-15(12-5-7-13(16)8-6-12)17-10-14(18)9-11(2)3/h5-8,11,14-15,17-18H,4,9-10H2,1-3H3. The summed E-state index contributed by atoms with van der Waals surface area (Å²) in [6, 6.07) is 8.18. The lowest BCUT2D eigenvalue weighted by molar-refractivity contribution is 0.142. The molecule has 2 nitrogen and oxygen atoms in total. The molecule has 0 aliphatic heterocycles. The van der Waals surface area contributed by atoms with Crippen molar-refractivity contribution in [3.05, 3.63) is 34.9 Å². The van der Waals surface area contributed by atoms with Crippen LogP contribution in [0.2, 0.25) is 5.02 Å². The van der Waals surface area contributed by atoms with E-state index in [1.807, 2.05) is 24.3 Å². The fraction of sp³-hybridized carbons (Fsp3) is 0.600. The minimum Gasteiger partial charge on any atom is -0.392 e. The Morgan fingerprint density at radius 2 is 1.83 bits per heavy atom. The number of aliphatic hydroxyl groups excluding tert-OH is 1. The van der Waals surface area contributed by atoms with Gasteiger partial charge >= 0.3 is 0 Å². The molecule has 0 bridgehead atoms. The average Bonchev–Trinajstić information content (AvgIpc) is 2.31. The first-order valence-corrected chi connectivity index (χ1v) is 7.07. The van der Waals surface area contributed by atoms with Gasteiger partial charge in [0.1, 0.15) is 0 Å². The van der Waals surface area contributed by atoms with Gasteiger partial charge in [-0.2, -0.15) is 0 Å². The third-order valence-electron chi connectivity index (χ3n) is 3.02. The van der Waals surface area contributed by atoms with Gasteiger partial charge in [-0.3, -0.25) is 0 Å². The van der Waals surface area contributed by atoms with Crippen LogP contribution in [0.1, 0.15) is 45.2 Å².